The number of likely N-dealkylation sites (N-methyl/N-ethyl adjacent to an activating group) is 1. The second-order valence-electron chi connectivity index (χ2n) is 5.09. The molecule has 0 aromatic carbocycles. The Labute approximate surface area is 104 Å². The van der Waals surface area contributed by atoms with Gasteiger partial charge in [0.25, 0.3) is 5.91 Å². The van der Waals surface area contributed by atoms with E-state index in [-0.39, 0.29) is 17.6 Å². The number of hydrogen-bond donors (Lipinski definition) is 1. The zero-order valence-electron chi connectivity index (χ0n) is 11.0. The number of hydrogen-bond acceptors (Lipinski definition) is 3. The van der Waals surface area contributed by atoms with Gasteiger partial charge in [-0.3, -0.25) is 4.79 Å². The number of amides is 1. The molecule has 0 aromatic heterocycles. The summed E-state index contributed by atoms with van der Waals surface area (Å²) < 4.78 is 6.11. The molecule has 2 aliphatic heterocycles. The zero-order chi connectivity index (χ0) is 12.3. The standard InChI is InChI=1S/C13H24N2O2/c1-3-15(4-2)12(16)11-5-6-13(17-11)7-9-14-10-8-13/h11,14H,3-10H2,1-2H3/t11-/m0/s1. The van der Waals surface area contributed by atoms with Crippen LogP contribution in [0.5, 0.6) is 0 Å². The van der Waals surface area contributed by atoms with Crippen molar-refractivity contribution >= 4 is 5.91 Å². The zero-order valence-corrected chi connectivity index (χ0v) is 11.0. The van der Waals surface area contributed by atoms with E-state index in [0.29, 0.717) is 0 Å². The third kappa shape index (κ3) is 2.63. The highest BCUT2D eigenvalue weighted by atomic mass is 16.5. The molecule has 17 heavy (non-hydrogen) atoms. The first-order chi connectivity index (χ1) is 8.21. The van der Waals surface area contributed by atoms with Gasteiger partial charge in [0.2, 0.25) is 0 Å². The van der Waals surface area contributed by atoms with Crippen molar-refractivity contribution in [2.75, 3.05) is 26.2 Å². The molecule has 2 aliphatic rings. The molecule has 4 heteroatoms. The molecule has 2 saturated heterocycles. The van der Waals surface area contributed by atoms with Crippen LogP contribution in [-0.2, 0) is 9.53 Å². The molecule has 0 bridgehead atoms. The lowest BCUT2D eigenvalue weighted by atomic mass is 9.89. The SMILES string of the molecule is CCN(CC)C(=O)[C@@H]1CCC2(CCNCC2)O1. The van der Waals surface area contributed by atoms with Gasteiger partial charge in [0, 0.05) is 13.1 Å². The second-order valence-corrected chi connectivity index (χ2v) is 5.09. The summed E-state index contributed by atoms with van der Waals surface area (Å²) in [5.41, 5.74) is -0.00126. The molecule has 0 radical (unpaired) electrons. The largest absolute Gasteiger partial charge is 0.362 e. The molecule has 0 aromatic rings. The Kier molecular flexibility index (Phi) is 4.05. The molecule has 2 heterocycles. The summed E-state index contributed by atoms with van der Waals surface area (Å²) in [5, 5.41) is 3.35. The van der Waals surface area contributed by atoms with Crippen molar-refractivity contribution in [3.63, 3.8) is 0 Å². The van der Waals surface area contributed by atoms with Gasteiger partial charge in [-0.05, 0) is 52.6 Å². The Morgan fingerprint density at radius 1 is 1.29 bits per heavy atom. The summed E-state index contributed by atoms with van der Waals surface area (Å²) in [6.07, 6.45) is 3.86. The van der Waals surface area contributed by atoms with Crippen molar-refractivity contribution in [2.24, 2.45) is 0 Å². The van der Waals surface area contributed by atoms with Crippen molar-refractivity contribution in [3.05, 3.63) is 0 Å². The van der Waals surface area contributed by atoms with Crippen LogP contribution in [-0.4, -0.2) is 48.7 Å². The fraction of sp³-hybridized carbons (Fsp3) is 0.923. The summed E-state index contributed by atoms with van der Waals surface area (Å²) in [4.78, 5) is 14.1. The second kappa shape index (κ2) is 5.36. The molecule has 1 spiro atoms. The van der Waals surface area contributed by atoms with Crippen LogP contribution in [0.4, 0.5) is 0 Å². The van der Waals surface area contributed by atoms with Crippen LogP contribution in [0, 0.1) is 0 Å². The van der Waals surface area contributed by atoms with Crippen molar-refractivity contribution in [1.82, 2.24) is 10.2 Å². The smallest absolute Gasteiger partial charge is 0.251 e. The van der Waals surface area contributed by atoms with E-state index in [4.69, 9.17) is 4.74 Å². The number of nitrogens with zero attached hydrogens (tertiary/aromatic N) is 1. The van der Waals surface area contributed by atoms with E-state index in [1.807, 2.05) is 18.7 Å². The van der Waals surface area contributed by atoms with Gasteiger partial charge in [-0.25, -0.2) is 0 Å². The van der Waals surface area contributed by atoms with E-state index < -0.39 is 0 Å². The van der Waals surface area contributed by atoms with Gasteiger partial charge in [-0.15, -0.1) is 0 Å². The number of rotatable bonds is 3. The first-order valence-corrected chi connectivity index (χ1v) is 6.88. The third-order valence-electron chi connectivity index (χ3n) is 4.12. The van der Waals surface area contributed by atoms with Gasteiger partial charge in [-0.2, -0.15) is 0 Å². The monoisotopic (exact) mass is 240 g/mol. The molecule has 0 unspecified atom stereocenters. The predicted molar refractivity (Wildman–Crippen MR) is 66.9 cm³/mol. The molecule has 2 rings (SSSR count). The Bertz CT molecular complexity index is 271. The Hall–Kier alpha value is -0.610. The molecule has 4 nitrogen and oxygen atoms in total. The minimum absolute atomic E-state index is 0.00126. The maximum atomic E-state index is 12.2. The molecule has 2 fully saturated rings. The minimum Gasteiger partial charge on any atom is -0.362 e. The lowest BCUT2D eigenvalue weighted by Crippen LogP contribution is -2.44. The van der Waals surface area contributed by atoms with E-state index in [0.717, 1.165) is 51.9 Å². The van der Waals surface area contributed by atoms with Crippen LogP contribution in [0.25, 0.3) is 0 Å². The van der Waals surface area contributed by atoms with Crippen LogP contribution < -0.4 is 5.32 Å². The van der Waals surface area contributed by atoms with Crippen LogP contribution in [0.1, 0.15) is 39.5 Å². The fourth-order valence-corrected chi connectivity index (χ4v) is 2.98. The maximum Gasteiger partial charge on any atom is 0.251 e. The normalized spacial score (nSPS) is 27.3. The number of carbonyl (C=O) groups excluding carboxylic acids is 1. The van der Waals surface area contributed by atoms with Crippen molar-refractivity contribution in [3.8, 4) is 0 Å². The lowest BCUT2D eigenvalue weighted by molar-refractivity contribution is -0.149. The van der Waals surface area contributed by atoms with Crippen molar-refractivity contribution < 1.29 is 9.53 Å². The summed E-state index contributed by atoms with van der Waals surface area (Å²) in [7, 11) is 0. The number of ether oxygens (including phenoxy) is 1. The highest BCUT2D eigenvalue weighted by molar-refractivity contribution is 5.81. The minimum atomic E-state index is -0.187. The van der Waals surface area contributed by atoms with Gasteiger partial charge in [-0.1, -0.05) is 0 Å². The molecular formula is C13H24N2O2. The molecule has 98 valence electrons. The van der Waals surface area contributed by atoms with Crippen molar-refractivity contribution in [2.45, 2.75) is 51.2 Å². The van der Waals surface area contributed by atoms with Crippen molar-refractivity contribution in [1.29, 1.82) is 0 Å². The molecule has 0 aliphatic carbocycles. The number of carbonyl (C=O) groups is 1. The van der Waals surface area contributed by atoms with E-state index in [1.54, 1.807) is 0 Å². The third-order valence-corrected chi connectivity index (χ3v) is 4.12. The Morgan fingerprint density at radius 2 is 1.94 bits per heavy atom. The van der Waals surface area contributed by atoms with Crippen LogP contribution in [0.3, 0.4) is 0 Å². The first kappa shape index (κ1) is 12.8. The van der Waals surface area contributed by atoms with Crippen LogP contribution in [0.2, 0.25) is 0 Å². The molecule has 0 saturated carbocycles. The van der Waals surface area contributed by atoms with Gasteiger partial charge in [0.05, 0.1) is 5.60 Å². The Morgan fingerprint density at radius 3 is 2.53 bits per heavy atom. The number of piperidine rings is 1. The molecule has 1 atom stereocenters. The van der Waals surface area contributed by atoms with E-state index in [9.17, 15) is 4.79 Å². The summed E-state index contributed by atoms with van der Waals surface area (Å²) >= 11 is 0. The summed E-state index contributed by atoms with van der Waals surface area (Å²) in [6, 6.07) is 0. The average Bonchev–Trinajstić information content (AvgIpc) is 2.75. The van der Waals surface area contributed by atoms with Gasteiger partial charge in [0.15, 0.2) is 0 Å². The fourth-order valence-electron chi connectivity index (χ4n) is 2.98. The van der Waals surface area contributed by atoms with Crippen LogP contribution in [0.15, 0.2) is 0 Å². The summed E-state index contributed by atoms with van der Waals surface area (Å²) in [5.74, 6) is 0.186. The van der Waals surface area contributed by atoms with E-state index in [2.05, 4.69) is 5.32 Å². The highest BCUT2D eigenvalue weighted by Crippen LogP contribution is 2.37. The molecule has 1 amide bonds. The summed E-state index contributed by atoms with van der Waals surface area (Å²) in [6.45, 7) is 7.65. The Balaban J connectivity index is 1.94. The molecular weight excluding hydrogens is 216 g/mol. The predicted octanol–water partition coefficient (Wildman–Crippen LogP) is 1.16. The molecule has 1 N–H and O–H groups in total. The van der Waals surface area contributed by atoms with Gasteiger partial charge in [0.1, 0.15) is 6.10 Å². The maximum absolute atomic E-state index is 12.2. The van der Waals surface area contributed by atoms with Gasteiger partial charge < -0.3 is 15.0 Å². The quantitative estimate of drug-likeness (QED) is 0.805. The van der Waals surface area contributed by atoms with E-state index >= 15 is 0 Å². The van der Waals surface area contributed by atoms with E-state index in [1.165, 1.54) is 0 Å². The average molecular weight is 240 g/mol. The highest BCUT2D eigenvalue weighted by Gasteiger charge is 2.44. The number of nitrogens with one attached hydrogen (secondary N) is 1. The van der Waals surface area contributed by atoms with Crippen LogP contribution >= 0.6 is 0 Å². The lowest BCUT2D eigenvalue weighted by Gasteiger charge is -2.34. The first-order valence-electron chi connectivity index (χ1n) is 6.88. The van der Waals surface area contributed by atoms with Gasteiger partial charge >= 0.3 is 0 Å². The topological polar surface area (TPSA) is 41.6 Å².